The van der Waals surface area contributed by atoms with Crippen molar-refractivity contribution in [1.82, 2.24) is 20.4 Å². The van der Waals surface area contributed by atoms with E-state index in [0.717, 1.165) is 12.1 Å². The van der Waals surface area contributed by atoms with Gasteiger partial charge in [0.2, 0.25) is 5.91 Å². The van der Waals surface area contributed by atoms with E-state index in [4.69, 9.17) is 0 Å². The second-order valence-electron chi connectivity index (χ2n) is 6.77. The molecular formula is C16H26N4O3. The predicted molar refractivity (Wildman–Crippen MR) is 85.8 cm³/mol. The second-order valence-corrected chi connectivity index (χ2v) is 6.77. The molecule has 1 aliphatic rings. The first-order valence-electron chi connectivity index (χ1n) is 7.90. The molecule has 0 aliphatic carbocycles. The molecule has 1 saturated heterocycles. The van der Waals surface area contributed by atoms with Crippen LogP contribution in [0.25, 0.3) is 0 Å². The summed E-state index contributed by atoms with van der Waals surface area (Å²) in [7, 11) is 3.24. The molecule has 0 radical (unpaired) electrons. The Morgan fingerprint density at radius 3 is 2.83 bits per heavy atom. The number of nitrogens with one attached hydrogen (secondary N) is 2. The Morgan fingerprint density at radius 1 is 1.48 bits per heavy atom. The van der Waals surface area contributed by atoms with Crippen molar-refractivity contribution in [2.24, 2.45) is 13.0 Å². The molecular weight excluding hydrogens is 296 g/mol. The third-order valence-corrected chi connectivity index (χ3v) is 4.35. The van der Waals surface area contributed by atoms with Crippen LogP contribution in [-0.4, -0.2) is 47.4 Å². The largest absolute Gasteiger partial charge is 0.469 e. The van der Waals surface area contributed by atoms with E-state index < -0.39 is 5.54 Å². The number of hydrogen-bond acceptors (Lipinski definition) is 5. The van der Waals surface area contributed by atoms with E-state index in [9.17, 15) is 9.59 Å². The van der Waals surface area contributed by atoms with Crippen LogP contribution in [0, 0.1) is 5.92 Å². The van der Waals surface area contributed by atoms with Crippen LogP contribution in [0.1, 0.15) is 38.2 Å². The topological polar surface area (TPSA) is 85.2 Å². The Morgan fingerprint density at radius 2 is 2.22 bits per heavy atom. The van der Waals surface area contributed by atoms with Crippen LogP contribution < -0.4 is 10.6 Å². The van der Waals surface area contributed by atoms with Crippen LogP contribution in [0.15, 0.2) is 12.4 Å². The fraction of sp³-hybridized carbons (Fsp3) is 0.688. The lowest BCUT2D eigenvalue weighted by Gasteiger charge is -2.28. The van der Waals surface area contributed by atoms with E-state index in [1.54, 1.807) is 4.68 Å². The highest BCUT2D eigenvalue weighted by Gasteiger charge is 2.36. The Kier molecular flexibility index (Phi) is 5.41. The number of carbonyl (C=O) groups excluding carboxylic acids is 2. The number of nitrogens with zero attached hydrogens (tertiary/aromatic N) is 2. The smallest absolute Gasteiger partial charge is 0.305 e. The van der Waals surface area contributed by atoms with Gasteiger partial charge in [0.05, 0.1) is 19.2 Å². The lowest BCUT2D eigenvalue weighted by atomic mass is 9.88. The number of aromatic nitrogens is 2. The number of aryl methyl sites for hydroxylation is 1. The van der Waals surface area contributed by atoms with Crippen LogP contribution in [-0.2, 0) is 21.4 Å². The van der Waals surface area contributed by atoms with E-state index in [1.165, 1.54) is 7.11 Å². The Balaban J connectivity index is 1.97. The predicted octanol–water partition coefficient (Wildman–Crippen LogP) is 0.571. The molecule has 2 atom stereocenters. The van der Waals surface area contributed by atoms with Gasteiger partial charge in [-0.3, -0.25) is 14.3 Å². The average Bonchev–Trinajstić information content (AvgIpc) is 3.12. The van der Waals surface area contributed by atoms with Crippen molar-refractivity contribution in [1.29, 1.82) is 0 Å². The summed E-state index contributed by atoms with van der Waals surface area (Å²) in [5.74, 6) is -0.251. The molecule has 128 valence electrons. The van der Waals surface area contributed by atoms with Gasteiger partial charge in [-0.2, -0.15) is 5.10 Å². The van der Waals surface area contributed by atoms with Gasteiger partial charge in [-0.15, -0.1) is 0 Å². The van der Waals surface area contributed by atoms with Gasteiger partial charge in [0.25, 0.3) is 0 Å². The first kappa shape index (κ1) is 17.5. The molecule has 0 aromatic carbocycles. The van der Waals surface area contributed by atoms with Crippen molar-refractivity contribution in [3.63, 3.8) is 0 Å². The van der Waals surface area contributed by atoms with Crippen molar-refractivity contribution in [3.8, 4) is 0 Å². The van der Waals surface area contributed by atoms with Gasteiger partial charge < -0.3 is 15.4 Å². The maximum atomic E-state index is 12.7. The van der Waals surface area contributed by atoms with Gasteiger partial charge in [-0.1, -0.05) is 0 Å². The highest BCUT2D eigenvalue weighted by molar-refractivity contribution is 5.81. The molecule has 1 aromatic heterocycles. The van der Waals surface area contributed by atoms with Gasteiger partial charge in [0, 0.05) is 44.2 Å². The van der Waals surface area contributed by atoms with E-state index in [2.05, 4.69) is 20.5 Å². The van der Waals surface area contributed by atoms with E-state index in [-0.39, 0.29) is 23.7 Å². The van der Waals surface area contributed by atoms with Crippen LogP contribution in [0.2, 0.25) is 0 Å². The second kappa shape index (κ2) is 7.12. The first-order valence-corrected chi connectivity index (χ1v) is 7.90. The SMILES string of the molecule is COC(=O)CCC(C)(C)NC(=O)[C@H]1CNC[C@@H]1c1cnn(C)c1. The zero-order chi connectivity index (χ0) is 17.0. The Bertz CT molecular complexity index is 567. The van der Waals surface area contributed by atoms with Crippen LogP contribution in [0.4, 0.5) is 0 Å². The summed E-state index contributed by atoms with van der Waals surface area (Å²) in [5, 5.41) is 10.5. The summed E-state index contributed by atoms with van der Waals surface area (Å²) in [6.45, 7) is 5.27. The molecule has 2 rings (SSSR count). The summed E-state index contributed by atoms with van der Waals surface area (Å²) in [6.07, 6.45) is 4.61. The average molecular weight is 322 g/mol. The molecule has 7 nitrogen and oxygen atoms in total. The Hall–Kier alpha value is -1.89. The molecule has 2 N–H and O–H groups in total. The normalized spacial score (nSPS) is 21.2. The lowest BCUT2D eigenvalue weighted by Crippen LogP contribution is -2.47. The molecule has 1 amide bonds. The van der Waals surface area contributed by atoms with Crippen molar-refractivity contribution in [2.75, 3.05) is 20.2 Å². The minimum absolute atomic E-state index is 0.0127. The van der Waals surface area contributed by atoms with Crippen molar-refractivity contribution in [2.45, 2.75) is 38.1 Å². The fourth-order valence-electron chi connectivity index (χ4n) is 2.94. The van der Waals surface area contributed by atoms with E-state index >= 15 is 0 Å². The fourth-order valence-corrected chi connectivity index (χ4v) is 2.94. The third-order valence-electron chi connectivity index (χ3n) is 4.35. The number of amides is 1. The van der Waals surface area contributed by atoms with Crippen molar-refractivity contribution < 1.29 is 14.3 Å². The number of hydrogen-bond donors (Lipinski definition) is 2. The minimum Gasteiger partial charge on any atom is -0.469 e. The van der Waals surface area contributed by atoms with E-state index in [1.807, 2.05) is 33.3 Å². The third kappa shape index (κ3) is 4.54. The van der Waals surface area contributed by atoms with Gasteiger partial charge >= 0.3 is 5.97 Å². The maximum absolute atomic E-state index is 12.7. The molecule has 0 spiro atoms. The zero-order valence-corrected chi connectivity index (χ0v) is 14.3. The van der Waals surface area contributed by atoms with Gasteiger partial charge in [0.15, 0.2) is 0 Å². The van der Waals surface area contributed by atoms with Crippen LogP contribution in [0.5, 0.6) is 0 Å². The Labute approximate surface area is 136 Å². The highest BCUT2D eigenvalue weighted by Crippen LogP contribution is 2.28. The summed E-state index contributed by atoms with van der Waals surface area (Å²) < 4.78 is 6.41. The van der Waals surface area contributed by atoms with Crippen molar-refractivity contribution >= 4 is 11.9 Å². The molecule has 0 unspecified atom stereocenters. The van der Waals surface area contributed by atoms with Crippen molar-refractivity contribution in [3.05, 3.63) is 18.0 Å². The zero-order valence-electron chi connectivity index (χ0n) is 14.3. The first-order chi connectivity index (χ1) is 10.8. The molecule has 1 aromatic rings. The van der Waals surface area contributed by atoms with Gasteiger partial charge in [0.1, 0.15) is 0 Å². The van der Waals surface area contributed by atoms with Crippen LogP contribution >= 0.6 is 0 Å². The minimum atomic E-state index is -0.451. The summed E-state index contributed by atoms with van der Waals surface area (Å²) in [6, 6.07) is 0. The summed E-state index contributed by atoms with van der Waals surface area (Å²) >= 11 is 0. The highest BCUT2D eigenvalue weighted by atomic mass is 16.5. The monoisotopic (exact) mass is 322 g/mol. The number of rotatable bonds is 6. The molecule has 0 bridgehead atoms. The lowest BCUT2D eigenvalue weighted by molar-refractivity contribution is -0.141. The number of esters is 1. The summed E-state index contributed by atoms with van der Waals surface area (Å²) in [5.41, 5.74) is 0.623. The molecule has 1 fully saturated rings. The number of ether oxygens (including phenoxy) is 1. The van der Waals surface area contributed by atoms with Gasteiger partial charge in [-0.25, -0.2) is 0 Å². The number of carbonyl (C=O) groups is 2. The summed E-state index contributed by atoms with van der Waals surface area (Å²) in [4.78, 5) is 24.0. The molecule has 2 heterocycles. The van der Waals surface area contributed by atoms with Crippen LogP contribution in [0.3, 0.4) is 0 Å². The quantitative estimate of drug-likeness (QED) is 0.748. The molecule has 23 heavy (non-hydrogen) atoms. The molecule has 7 heteroatoms. The molecule has 1 aliphatic heterocycles. The standard InChI is InChI=1S/C16H26N4O3/c1-16(2,6-5-14(21)23-4)19-15(22)13-9-17-8-12(13)11-7-18-20(3)10-11/h7,10,12-13,17H,5-6,8-9H2,1-4H3,(H,19,22)/t12-,13+/m1/s1. The maximum Gasteiger partial charge on any atom is 0.305 e. The number of methoxy groups -OCH3 is 1. The molecule has 0 saturated carbocycles. The van der Waals surface area contributed by atoms with E-state index in [0.29, 0.717) is 19.4 Å². The van der Waals surface area contributed by atoms with Gasteiger partial charge in [-0.05, 0) is 25.8 Å².